The summed E-state index contributed by atoms with van der Waals surface area (Å²) < 4.78 is 5.53. The van der Waals surface area contributed by atoms with E-state index in [-0.39, 0.29) is 18.4 Å². The highest BCUT2D eigenvalue weighted by Crippen LogP contribution is 2.37. The molecular formula is C33H46N4O4. The fourth-order valence-electron chi connectivity index (χ4n) is 5.98. The summed E-state index contributed by atoms with van der Waals surface area (Å²) in [5, 5.41) is 0. The minimum Gasteiger partial charge on any atom is -0.444 e. The van der Waals surface area contributed by atoms with E-state index in [1.807, 2.05) is 69.0 Å². The van der Waals surface area contributed by atoms with Gasteiger partial charge in [-0.1, -0.05) is 55.5 Å². The summed E-state index contributed by atoms with van der Waals surface area (Å²) >= 11 is 0. The van der Waals surface area contributed by atoms with Gasteiger partial charge in [0, 0.05) is 32.4 Å². The van der Waals surface area contributed by atoms with Crippen molar-refractivity contribution < 1.29 is 19.1 Å². The Hall–Kier alpha value is -3.55. The number of benzene rings is 2. The van der Waals surface area contributed by atoms with E-state index < -0.39 is 17.2 Å². The number of rotatable bonds is 9. The minimum absolute atomic E-state index is 0.00213. The van der Waals surface area contributed by atoms with Gasteiger partial charge in [-0.3, -0.25) is 9.59 Å². The zero-order valence-electron chi connectivity index (χ0n) is 25.3. The first kappa shape index (κ1) is 30.4. The van der Waals surface area contributed by atoms with Crippen molar-refractivity contribution in [2.75, 3.05) is 44.8 Å². The molecule has 2 aliphatic rings. The van der Waals surface area contributed by atoms with Crippen molar-refractivity contribution in [3.05, 3.63) is 66.2 Å². The molecule has 0 aromatic heterocycles. The molecular weight excluding hydrogens is 516 g/mol. The standard InChI is InChI=1S/C33H46N4O4/c1-6-33(19-22-34(5)31(40)41-32(2,3)4)30(39)36(25-37(33)28-15-11-8-12-16-28)24-29(38)35-20-17-27(18-21-35)23-26-13-9-7-10-14-26/h7-16,27H,6,17-25H2,1-5H3. The Bertz CT molecular complexity index is 1170. The summed E-state index contributed by atoms with van der Waals surface area (Å²) in [6.45, 7) is 9.72. The van der Waals surface area contributed by atoms with E-state index in [0.717, 1.165) is 38.0 Å². The van der Waals surface area contributed by atoms with Gasteiger partial charge in [0.1, 0.15) is 17.7 Å². The third-order valence-corrected chi connectivity index (χ3v) is 8.39. The van der Waals surface area contributed by atoms with Crippen LogP contribution in [0.2, 0.25) is 0 Å². The van der Waals surface area contributed by atoms with Crippen LogP contribution in [-0.2, 0) is 20.7 Å². The third kappa shape index (κ3) is 7.40. The molecule has 0 spiro atoms. The average molecular weight is 563 g/mol. The number of para-hydroxylation sites is 1. The van der Waals surface area contributed by atoms with Crippen LogP contribution >= 0.6 is 0 Å². The summed E-state index contributed by atoms with van der Waals surface area (Å²) in [7, 11) is 1.70. The molecule has 2 aliphatic heterocycles. The number of likely N-dealkylation sites (tertiary alicyclic amines) is 1. The first-order valence-corrected chi connectivity index (χ1v) is 14.9. The van der Waals surface area contributed by atoms with Gasteiger partial charge in [-0.2, -0.15) is 0 Å². The van der Waals surface area contributed by atoms with Gasteiger partial charge >= 0.3 is 6.09 Å². The first-order chi connectivity index (χ1) is 19.5. The maximum absolute atomic E-state index is 14.1. The molecule has 2 heterocycles. The quantitative estimate of drug-likeness (QED) is 0.421. The maximum atomic E-state index is 14.1. The number of ether oxygens (including phenoxy) is 1. The lowest BCUT2D eigenvalue weighted by atomic mass is 9.89. The Labute approximate surface area is 245 Å². The third-order valence-electron chi connectivity index (χ3n) is 8.39. The van der Waals surface area contributed by atoms with Crippen LogP contribution in [-0.4, -0.2) is 83.6 Å². The van der Waals surface area contributed by atoms with Crippen molar-refractivity contribution in [1.29, 1.82) is 0 Å². The predicted octanol–water partition coefficient (Wildman–Crippen LogP) is 5.18. The lowest BCUT2D eigenvalue weighted by Crippen LogP contribution is -2.52. The van der Waals surface area contributed by atoms with E-state index >= 15 is 0 Å². The molecule has 1 atom stereocenters. The zero-order chi connectivity index (χ0) is 29.6. The number of hydrogen-bond acceptors (Lipinski definition) is 5. The van der Waals surface area contributed by atoms with Gasteiger partial charge < -0.3 is 24.3 Å². The number of amides is 3. The molecule has 222 valence electrons. The molecule has 4 rings (SSSR count). The average Bonchev–Trinajstić information content (AvgIpc) is 3.23. The minimum atomic E-state index is -0.861. The summed E-state index contributed by atoms with van der Waals surface area (Å²) in [5.41, 5.74) is 0.814. The Kier molecular flexibility index (Phi) is 9.61. The van der Waals surface area contributed by atoms with Crippen LogP contribution in [0.5, 0.6) is 0 Å². The Balaban J connectivity index is 1.43. The largest absolute Gasteiger partial charge is 0.444 e. The maximum Gasteiger partial charge on any atom is 0.410 e. The Morgan fingerprint density at radius 3 is 2.20 bits per heavy atom. The lowest BCUT2D eigenvalue weighted by molar-refractivity contribution is -0.141. The van der Waals surface area contributed by atoms with Crippen LogP contribution in [0.3, 0.4) is 0 Å². The van der Waals surface area contributed by atoms with E-state index in [2.05, 4.69) is 29.2 Å². The fraction of sp³-hybridized carbons (Fsp3) is 0.545. The van der Waals surface area contributed by atoms with Crippen molar-refractivity contribution >= 4 is 23.6 Å². The molecule has 3 amide bonds. The molecule has 0 N–H and O–H groups in total. The molecule has 0 bridgehead atoms. The van der Waals surface area contributed by atoms with E-state index in [1.54, 1.807) is 11.9 Å². The molecule has 0 aliphatic carbocycles. The number of hydrogen-bond donors (Lipinski definition) is 0. The van der Waals surface area contributed by atoms with Crippen molar-refractivity contribution in [3.8, 4) is 0 Å². The van der Waals surface area contributed by atoms with Gasteiger partial charge in [0.05, 0.1) is 6.67 Å². The van der Waals surface area contributed by atoms with Gasteiger partial charge in [0.15, 0.2) is 0 Å². The number of carbonyl (C=O) groups is 3. The molecule has 0 radical (unpaired) electrons. The zero-order valence-corrected chi connectivity index (χ0v) is 25.3. The predicted molar refractivity (Wildman–Crippen MR) is 161 cm³/mol. The lowest BCUT2D eigenvalue weighted by Gasteiger charge is -2.37. The van der Waals surface area contributed by atoms with Crippen LogP contribution in [0, 0.1) is 5.92 Å². The molecule has 41 heavy (non-hydrogen) atoms. The second-order valence-corrected chi connectivity index (χ2v) is 12.5. The van der Waals surface area contributed by atoms with Gasteiger partial charge in [-0.25, -0.2) is 4.79 Å². The number of carbonyl (C=O) groups excluding carboxylic acids is 3. The van der Waals surface area contributed by atoms with Gasteiger partial charge in [-0.15, -0.1) is 0 Å². The SMILES string of the molecule is CCC1(CCN(C)C(=O)OC(C)(C)C)C(=O)N(CC(=O)N2CCC(Cc3ccccc3)CC2)CN1c1ccccc1. The van der Waals surface area contributed by atoms with E-state index in [9.17, 15) is 14.4 Å². The molecule has 0 saturated carbocycles. The van der Waals surface area contributed by atoms with E-state index in [0.29, 0.717) is 32.0 Å². The van der Waals surface area contributed by atoms with E-state index in [4.69, 9.17) is 4.74 Å². The van der Waals surface area contributed by atoms with Crippen LogP contribution in [0.25, 0.3) is 0 Å². The Morgan fingerprint density at radius 1 is 1.00 bits per heavy atom. The van der Waals surface area contributed by atoms with Gasteiger partial charge in [0.2, 0.25) is 11.8 Å². The molecule has 8 nitrogen and oxygen atoms in total. The van der Waals surface area contributed by atoms with Crippen molar-refractivity contribution in [2.24, 2.45) is 5.92 Å². The highest BCUT2D eigenvalue weighted by atomic mass is 16.6. The van der Waals surface area contributed by atoms with Crippen molar-refractivity contribution in [2.45, 2.75) is 70.9 Å². The second kappa shape index (κ2) is 13.0. The smallest absolute Gasteiger partial charge is 0.410 e. The van der Waals surface area contributed by atoms with Crippen LogP contribution in [0.1, 0.15) is 58.9 Å². The summed E-state index contributed by atoms with van der Waals surface area (Å²) in [6.07, 6.45) is 3.56. The molecule has 2 saturated heterocycles. The molecule has 2 fully saturated rings. The highest BCUT2D eigenvalue weighted by molar-refractivity contribution is 5.96. The van der Waals surface area contributed by atoms with Gasteiger partial charge in [-0.05, 0) is 76.5 Å². The molecule has 8 heteroatoms. The van der Waals surface area contributed by atoms with E-state index in [1.165, 1.54) is 10.5 Å². The molecule has 1 unspecified atom stereocenters. The summed E-state index contributed by atoms with van der Waals surface area (Å²) in [6, 6.07) is 20.4. The van der Waals surface area contributed by atoms with Crippen molar-refractivity contribution in [3.63, 3.8) is 0 Å². The van der Waals surface area contributed by atoms with Crippen LogP contribution in [0.15, 0.2) is 60.7 Å². The molecule has 2 aromatic rings. The topological polar surface area (TPSA) is 73.4 Å². The summed E-state index contributed by atoms with van der Waals surface area (Å²) in [4.78, 5) is 47.4. The number of anilines is 1. The fourth-order valence-corrected chi connectivity index (χ4v) is 5.98. The second-order valence-electron chi connectivity index (χ2n) is 12.5. The summed E-state index contributed by atoms with van der Waals surface area (Å²) in [5.74, 6) is 0.509. The van der Waals surface area contributed by atoms with Crippen molar-refractivity contribution in [1.82, 2.24) is 14.7 Å². The normalized spacial score (nSPS) is 19.9. The first-order valence-electron chi connectivity index (χ1n) is 14.9. The Morgan fingerprint density at radius 2 is 1.61 bits per heavy atom. The van der Waals surface area contributed by atoms with Crippen LogP contribution in [0.4, 0.5) is 10.5 Å². The monoisotopic (exact) mass is 562 g/mol. The number of piperidine rings is 1. The molecule has 2 aromatic carbocycles. The number of nitrogens with zero attached hydrogens (tertiary/aromatic N) is 4. The highest BCUT2D eigenvalue weighted by Gasteiger charge is 2.51. The van der Waals surface area contributed by atoms with Gasteiger partial charge in [0.25, 0.3) is 0 Å². The van der Waals surface area contributed by atoms with Crippen LogP contribution < -0.4 is 4.90 Å².